The summed E-state index contributed by atoms with van der Waals surface area (Å²) in [5.41, 5.74) is 23.2. The summed E-state index contributed by atoms with van der Waals surface area (Å²) in [5.74, 6) is 0. The zero-order valence-corrected chi connectivity index (χ0v) is 18.3. The van der Waals surface area contributed by atoms with Crippen LogP contribution in [0.25, 0.3) is 65.7 Å². The molecular weight excluding hydrogens is 400 g/mol. The molecule has 33 heavy (non-hydrogen) atoms. The molecule has 1 aliphatic rings. The summed E-state index contributed by atoms with van der Waals surface area (Å²) in [4.78, 5) is 0. The van der Waals surface area contributed by atoms with E-state index in [9.17, 15) is 0 Å². The highest BCUT2D eigenvalue weighted by Gasteiger charge is 2.27. The Bertz CT molecular complexity index is 1780. The maximum atomic E-state index is 6.75. The van der Waals surface area contributed by atoms with E-state index in [-0.39, 0.29) is 0 Å². The lowest BCUT2D eigenvalue weighted by atomic mass is 9.93. The van der Waals surface area contributed by atoms with Crippen LogP contribution in [-0.4, -0.2) is 0 Å². The van der Waals surface area contributed by atoms with E-state index < -0.39 is 0 Å². The lowest BCUT2D eigenvalue weighted by Crippen LogP contribution is -1.92. The van der Waals surface area contributed by atoms with E-state index in [0.717, 1.165) is 27.7 Å². The Labute approximate surface area is 192 Å². The topological polar surface area (TPSA) is 52.0 Å². The lowest BCUT2D eigenvalue weighted by molar-refractivity contribution is 1.47. The molecule has 156 valence electrons. The third-order valence-electron chi connectivity index (χ3n) is 7.15. The van der Waals surface area contributed by atoms with Gasteiger partial charge in [-0.3, -0.25) is 0 Å². The van der Waals surface area contributed by atoms with Crippen LogP contribution in [0, 0.1) is 6.92 Å². The number of benzene rings is 6. The van der Waals surface area contributed by atoms with E-state index in [1.54, 1.807) is 0 Å². The van der Waals surface area contributed by atoms with Crippen LogP contribution in [0.5, 0.6) is 0 Å². The van der Waals surface area contributed by atoms with Crippen molar-refractivity contribution in [3.05, 3.63) is 96.6 Å². The quantitative estimate of drug-likeness (QED) is 0.208. The van der Waals surface area contributed by atoms with Gasteiger partial charge in [0.15, 0.2) is 0 Å². The zero-order valence-electron chi connectivity index (χ0n) is 18.3. The number of fused-ring (bicyclic) bond motifs is 6. The van der Waals surface area contributed by atoms with Crippen LogP contribution < -0.4 is 11.5 Å². The van der Waals surface area contributed by atoms with Crippen LogP contribution in [0.2, 0.25) is 0 Å². The molecule has 2 nitrogen and oxygen atoms in total. The number of hydrogen-bond donors (Lipinski definition) is 2. The Morgan fingerprint density at radius 1 is 0.515 bits per heavy atom. The molecule has 0 radical (unpaired) electrons. The lowest BCUT2D eigenvalue weighted by Gasteiger charge is -2.12. The van der Waals surface area contributed by atoms with Crippen LogP contribution in [0.4, 0.5) is 11.4 Å². The van der Waals surface area contributed by atoms with Gasteiger partial charge in [-0.25, -0.2) is 0 Å². The molecule has 6 aromatic rings. The predicted octanol–water partition coefficient (Wildman–Crippen LogP) is 7.93. The molecule has 1 aliphatic carbocycles. The first-order chi connectivity index (χ1) is 16.1. The summed E-state index contributed by atoms with van der Waals surface area (Å²) in [6, 6.07) is 32.5. The fourth-order valence-corrected chi connectivity index (χ4v) is 5.59. The van der Waals surface area contributed by atoms with E-state index in [1.165, 1.54) is 54.9 Å². The number of nitrogens with two attached hydrogens (primary N) is 2. The first kappa shape index (κ1) is 18.3. The van der Waals surface area contributed by atoms with Crippen molar-refractivity contribution in [1.82, 2.24) is 0 Å². The summed E-state index contributed by atoms with van der Waals surface area (Å²) in [6.07, 6.45) is 0. The molecule has 0 bridgehead atoms. The van der Waals surface area contributed by atoms with Crippen molar-refractivity contribution < 1.29 is 0 Å². The molecule has 4 N–H and O–H groups in total. The molecular formula is C31H22N2. The molecule has 0 heterocycles. The van der Waals surface area contributed by atoms with Crippen LogP contribution in [0.1, 0.15) is 5.56 Å². The van der Waals surface area contributed by atoms with Crippen molar-refractivity contribution in [3.8, 4) is 33.4 Å². The van der Waals surface area contributed by atoms with Gasteiger partial charge in [0.05, 0.1) is 0 Å². The highest BCUT2D eigenvalue weighted by atomic mass is 14.6. The summed E-state index contributed by atoms with van der Waals surface area (Å²) in [5, 5.41) is 7.18. The molecule has 0 fully saturated rings. The van der Waals surface area contributed by atoms with E-state index in [1.807, 2.05) is 12.1 Å². The van der Waals surface area contributed by atoms with Crippen molar-refractivity contribution >= 4 is 43.7 Å². The van der Waals surface area contributed by atoms with Crippen molar-refractivity contribution in [1.29, 1.82) is 0 Å². The summed E-state index contributed by atoms with van der Waals surface area (Å²) in [6.45, 7) is 2.11. The Morgan fingerprint density at radius 2 is 1.30 bits per heavy atom. The van der Waals surface area contributed by atoms with Gasteiger partial charge in [-0.05, 0) is 80.6 Å². The number of rotatable bonds is 1. The summed E-state index contributed by atoms with van der Waals surface area (Å²) in [7, 11) is 0. The van der Waals surface area contributed by atoms with E-state index >= 15 is 0 Å². The molecule has 0 unspecified atom stereocenters. The molecule has 0 aliphatic heterocycles. The van der Waals surface area contributed by atoms with E-state index in [2.05, 4.69) is 85.8 Å². The van der Waals surface area contributed by atoms with Crippen molar-refractivity contribution in [3.63, 3.8) is 0 Å². The smallest absolute Gasteiger partial charge is 0.0406 e. The molecule has 2 heteroatoms. The number of hydrogen-bond acceptors (Lipinski definition) is 2. The first-order valence-corrected chi connectivity index (χ1v) is 11.3. The average molecular weight is 423 g/mol. The van der Waals surface area contributed by atoms with Crippen LogP contribution in [-0.2, 0) is 0 Å². The van der Waals surface area contributed by atoms with E-state index in [4.69, 9.17) is 11.5 Å². The number of nitrogen functional groups attached to an aromatic ring is 2. The SMILES string of the molecule is Cc1ccc(-c2cc(N)c3c4c(cccc24)-c2c-3ccc3cc4cccc(N)c4cc23)cc1. The minimum atomic E-state index is 0.807. The largest absolute Gasteiger partial charge is 0.398 e. The van der Waals surface area contributed by atoms with Gasteiger partial charge in [-0.2, -0.15) is 0 Å². The van der Waals surface area contributed by atoms with Gasteiger partial charge < -0.3 is 11.5 Å². The highest BCUT2D eigenvalue weighted by Crippen LogP contribution is 2.54. The second kappa shape index (κ2) is 6.36. The van der Waals surface area contributed by atoms with Crippen molar-refractivity contribution in [2.24, 2.45) is 0 Å². The van der Waals surface area contributed by atoms with Crippen molar-refractivity contribution in [2.45, 2.75) is 6.92 Å². The monoisotopic (exact) mass is 422 g/mol. The fraction of sp³-hybridized carbons (Fsp3) is 0.0323. The molecule has 0 aromatic heterocycles. The Balaban J connectivity index is 1.61. The van der Waals surface area contributed by atoms with Crippen LogP contribution in [0.15, 0.2) is 91.0 Å². The average Bonchev–Trinajstić information content (AvgIpc) is 3.17. The maximum absolute atomic E-state index is 6.75. The van der Waals surface area contributed by atoms with Gasteiger partial charge in [-0.15, -0.1) is 0 Å². The van der Waals surface area contributed by atoms with Crippen LogP contribution in [0.3, 0.4) is 0 Å². The number of anilines is 2. The minimum Gasteiger partial charge on any atom is -0.398 e. The molecule has 0 saturated heterocycles. The molecule has 0 atom stereocenters. The van der Waals surface area contributed by atoms with Gasteiger partial charge in [-0.1, -0.05) is 72.3 Å². The molecule has 0 spiro atoms. The highest BCUT2D eigenvalue weighted by molar-refractivity contribution is 6.26. The zero-order chi connectivity index (χ0) is 22.3. The van der Waals surface area contributed by atoms with Gasteiger partial charge in [0.25, 0.3) is 0 Å². The standard InChI is InChI=1S/C31H22N2/c1-17-8-10-18(11-9-17)24-16-28(33)31-23-13-12-20-14-19-4-2-7-27(32)25(19)15-26(20)29(23)22-6-3-5-21(24)30(22)31/h2-16H,32-33H2,1H3. The molecule has 0 amide bonds. The third kappa shape index (κ3) is 2.43. The second-order valence-corrected chi connectivity index (χ2v) is 9.11. The fourth-order valence-electron chi connectivity index (χ4n) is 5.59. The van der Waals surface area contributed by atoms with E-state index in [0.29, 0.717) is 0 Å². The number of aryl methyl sites for hydroxylation is 1. The minimum absolute atomic E-state index is 0.807. The second-order valence-electron chi connectivity index (χ2n) is 9.11. The molecule has 6 aromatic carbocycles. The normalized spacial score (nSPS) is 12.0. The third-order valence-corrected chi connectivity index (χ3v) is 7.15. The van der Waals surface area contributed by atoms with Crippen LogP contribution >= 0.6 is 0 Å². The first-order valence-electron chi connectivity index (χ1n) is 11.3. The van der Waals surface area contributed by atoms with Gasteiger partial charge >= 0.3 is 0 Å². The Morgan fingerprint density at radius 3 is 2.15 bits per heavy atom. The van der Waals surface area contributed by atoms with Gasteiger partial charge in [0.2, 0.25) is 0 Å². The summed E-state index contributed by atoms with van der Waals surface area (Å²) >= 11 is 0. The molecule has 7 rings (SSSR count). The van der Waals surface area contributed by atoms with Gasteiger partial charge in [0, 0.05) is 27.7 Å². The Hall–Kier alpha value is -4.30. The molecule has 0 saturated carbocycles. The van der Waals surface area contributed by atoms with Gasteiger partial charge in [0.1, 0.15) is 0 Å². The Kier molecular flexibility index (Phi) is 3.53. The summed E-state index contributed by atoms with van der Waals surface area (Å²) < 4.78 is 0. The maximum Gasteiger partial charge on any atom is 0.0406 e. The predicted molar refractivity (Wildman–Crippen MR) is 142 cm³/mol. The van der Waals surface area contributed by atoms with Crippen molar-refractivity contribution in [2.75, 3.05) is 11.5 Å².